The largest absolute Gasteiger partial charge is 0.357 e. The van der Waals surface area contributed by atoms with Crippen molar-refractivity contribution in [2.75, 3.05) is 6.54 Å². The summed E-state index contributed by atoms with van der Waals surface area (Å²) in [4.78, 5) is 4.79. The van der Waals surface area contributed by atoms with Crippen molar-refractivity contribution in [3.8, 4) is 0 Å². The number of aryl methyl sites for hydroxylation is 2. The molecule has 0 aliphatic carbocycles. The first-order chi connectivity index (χ1) is 13.0. The van der Waals surface area contributed by atoms with Gasteiger partial charge in [0, 0.05) is 24.8 Å². The Morgan fingerprint density at radius 1 is 1.14 bits per heavy atom. The molecule has 0 aliphatic heterocycles. The summed E-state index contributed by atoms with van der Waals surface area (Å²) in [5.74, 6) is 0.820. The fraction of sp³-hybridized carbons (Fsp3) is 0.364. The molecular formula is C22H30IN5. The van der Waals surface area contributed by atoms with Crippen molar-refractivity contribution in [2.45, 2.75) is 40.3 Å². The zero-order valence-corrected chi connectivity index (χ0v) is 19.6. The molecule has 1 unspecified atom stereocenters. The third-order valence-corrected chi connectivity index (χ3v) is 5.03. The minimum Gasteiger partial charge on any atom is -0.357 e. The van der Waals surface area contributed by atoms with E-state index in [0.717, 1.165) is 23.9 Å². The van der Waals surface area contributed by atoms with Crippen LogP contribution in [0.15, 0.2) is 47.5 Å². The quantitative estimate of drug-likeness (QED) is 0.311. The molecule has 0 bridgehead atoms. The highest BCUT2D eigenvalue weighted by atomic mass is 127. The first-order valence-corrected chi connectivity index (χ1v) is 9.52. The lowest BCUT2D eigenvalue weighted by molar-refractivity contribution is 0.687. The molecular weight excluding hydrogens is 461 g/mol. The standard InChI is InChI=1S/C22H29N5.HI/c1-6-23-22(24-14-21-16(3)26-27(5)17(21)4)25-15(2)19-12-11-18-9-7-8-10-20(18)13-19;/h7-13,15H,6,14H2,1-5H3,(H2,23,24,25);1H. The summed E-state index contributed by atoms with van der Waals surface area (Å²) in [5.41, 5.74) is 4.63. The lowest BCUT2D eigenvalue weighted by atomic mass is 10.0. The van der Waals surface area contributed by atoms with E-state index in [0.29, 0.717) is 6.54 Å². The van der Waals surface area contributed by atoms with E-state index in [4.69, 9.17) is 4.99 Å². The number of guanidine groups is 1. The van der Waals surface area contributed by atoms with Crippen LogP contribution < -0.4 is 10.6 Å². The molecule has 0 aliphatic rings. The fourth-order valence-corrected chi connectivity index (χ4v) is 3.29. The first-order valence-electron chi connectivity index (χ1n) is 9.52. The number of rotatable bonds is 5. The Kier molecular flexibility index (Phi) is 7.86. The van der Waals surface area contributed by atoms with Crippen LogP contribution in [-0.4, -0.2) is 22.3 Å². The van der Waals surface area contributed by atoms with Gasteiger partial charge in [-0.1, -0.05) is 36.4 Å². The van der Waals surface area contributed by atoms with Crippen molar-refractivity contribution in [1.29, 1.82) is 0 Å². The number of aliphatic imine (C=N–C) groups is 1. The van der Waals surface area contributed by atoms with Gasteiger partial charge in [-0.15, -0.1) is 24.0 Å². The Bertz CT molecular complexity index is 961. The van der Waals surface area contributed by atoms with Gasteiger partial charge in [0.05, 0.1) is 18.3 Å². The summed E-state index contributed by atoms with van der Waals surface area (Å²) in [7, 11) is 1.97. The van der Waals surface area contributed by atoms with Gasteiger partial charge in [0.25, 0.3) is 0 Å². The Hall–Kier alpha value is -2.09. The molecule has 1 atom stereocenters. The first kappa shape index (κ1) is 22.2. The predicted octanol–water partition coefficient (Wildman–Crippen LogP) is 4.62. The van der Waals surface area contributed by atoms with Gasteiger partial charge >= 0.3 is 0 Å². The van der Waals surface area contributed by atoms with Crippen LogP contribution in [0.5, 0.6) is 0 Å². The van der Waals surface area contributed by atoms with Crippen LogP contribution in [0.4, 0.5) is 0 Å². The van der Waals surface area contributed by atoms with Crippen molar-refractivity contribution in [2.24, 2.45) is 12.0 Å². The second-order valence-electron chi connectivity index (χ2n) is 6.94. The summed E-state index contributed by atoms with van der Waals surface area (Å²) in [6.45, 7) is 9.81. The Balaban J connectivity index is 0.00000280. The molecule has 0 fully saturated rings. The zero-order valence-electron chi connectivity index (χ0n) is 17.3. The normalized spacial score (nSPS) is 12.5. The summed E-state index contributed by atoms with van der Waals surface area (Å²) in [6, 6.07) is 15.2. The highest BCUT2D eigenvalue weighted by Gasteiger charge is 2.11. The zero-order chi connectivity index (χ0) is 19.4. The molecule has 0 radical (unpaired) electrons. The van der Waals surface area contributed by atoms with Gasteiger partial charge in [0.15, 0.2) is 5.96 Å². The van der Waals surface area contributed by atoms with Crippen LogP contribution in [0, 0.1) is 13.8 Å². The average molecular weight is 491 g/mol. The SMILES string of the molecule is CCNC(=NCc1c(C)nn(C)c1C)NC(C)c1ccc2ccccc2c1.I. The molecule has 150 valence electrons. The molecule has 1 heterocycles. The van der Waals surface area contributed by atoms with E-state index in [1.165, 1.54) is 21.9 Å². The Labute approximate surface area is 184 Å². The number of hydrogen-bond donors (Lipinski definition) is 2. The van der Waals surface area contributed by atoms with E-state index in [-0.39, 0.29) is 30.0 Å². The van der Waals surface area contributed by atoms with Crippen LogP contribution in [0.1, 0.15) is 42.4 Å². The molecule has 2 N–H and O–H groups in total. The highest BCUT2D eigenvalue weighted by Crippen LogP contribution is 2.20. The van der Waals surface area contributed by atoms with E-state index in [2.05, 4.69) is 79.0 Å². The third-order valence-electron chi connectivity index (χ3n) is 5.03. The topological polar surface area (TPSA) is 54.2 Å². The van der Waals surface area contributed by atoms with E-state index < -0.39 is 0 Å². The van der Waals surface area contributed by atoms with Crippen LogP contribution in [-0.2, 0) is 13.6 Å². The molecule has 0 amide bonds. The smallest absolute Gasteiger partial charge is 0.192 e. The molecule has 2 aromatic carbocycles. The molecule has 3 aromatic rings. The molecule has 0 saturated heterocycles. The van der Waals surface area contributed by atoms with Gasteiger partial charge in [-0.05, 0) is 50.1 Å². The number of fused-ring (bicyclic) bond motifs is 1. The van der Waals surface area contributed by atoms with E-state index in [1.807, 2.05) is 18.7 Å². The number of aromatic nitrogens is 2. The van der Waals surface area contributed by atoms with Crippen LogP contribution in [0.3, 0.4) is 0 Å². The summed E-state index contributed by atoms with van der Waals surface area (Å²) in [5, 5.41) is 13.9. The fourth-order valence-electron chi connectivity index (χ4n) is 3.29. The van der Waals surface area contributed by atoms with Crippen LogP contribution in [0.2, 0.25) is 0 Å². The number of nitrogens with one attached hydrogen (secondary N) is 2. The van der Waals surface area contributed by atoms with E-state index >= 15 is 0 Å². The van der Waals surface area contributed by atoms with Crippen molar-refractivity contribution in [3.63, 3.8) is 0 Å². The van der Waals surface area contributed by atoms with Crippen LogP contribution in [0.25, 0.3) is 10.8 Å². The van der Waals surface area contributed by atoms with Crippen molar-refractivity contribution < 1.29 is 0 Å². The van der Waals surface area contributed by atoms with Gasteiger partial charge in [-0.3, -0.25) is 4.68 Å². The van der Waals surface area contributed by atoms with Crippen molar-refractivity contribution >= 4 is 40.7 Å². The molecule has 0 saturated carbocycles. The van der Waals surface area contributed by atoms with Gasteiger partial charge in [0.1, 0.15) is 0 Å². The third kappa shape index (κ3) is 5.04. The number of benzene rings is 2. The summed E-state index contributed by atoms with van der Waals surface area (Å²) >= 11 is 0. The maximum absolute atomic E-state index is 4.79. The van der Waals surface area contributed by atoms with Gasteiger partial charge in [-0.2, -0.15) is 5.10 Å². The molecule has 6 heteroatoms. The summed E-state index contributed by atoms with van der Waals surface area (Å²) in [6.07, 6.45) is 0. The molecule has 5 nitrogen and oxygen atoms in total. The van der Waals surface area contributed by atoms with E-state index in [1.54, 1.807) is 0 Å². The number of halogens is 1. The molecule has 28 heavy (non-hydrogen) atoms. The second-order valence-corrected chi connectivity index (χ2v) is 6.94. The lowest BCUT2D eigenvalue weighted by Crippen LogP contribution is -2.38. The number of hydrogen-bond acceptors (Lipinski definition) is 2. The van der Waals surface area contributed by atoms with Crippen LogP contribution >= 0.6 is 24.0 Å². The monoisotopic (exact) mass is 491 g/mol. The molecule has 1 aromatic heterocycles. The Morgan fingerprint density at radius 3 is 2.50 bits per heavy atom. The number of nitrogens with zero attached hydrogens (tertiary/aromatic N) is 3. The molecule has 0 spiro atoms. The van der Waals surface area contributed by atoms with Gasteiger partial charge in [-0.25, -0.2) is 4.99 Å². The summed E-state index contributed by atoms with van der Waals surface area (Å²) < 4.78 is 1.91. The van der Waals surface area contributed by atoms with E-state index in [9.17, 15) is 0 Å². The lowest BCUT2D eigenvalue weighted by Gasteiger charge is -2.19. The minimum atomic E-state index is 0. The van der Waals surface area contributed by atoms with Crippen molar-refractivity contribution in [3.05, 3.63) is 65.0 Å². The van der Waals surface area contributed by atoms with Gasteiger partial charge < -0.3 is 10.6 Å². The Morgan fingerprint density at radius 2 is 1.86 bits per heavy atom. The maximum atomic E-state index is 4.79. The predicted molar refractivity (Wildman–Crippen MR) is 128 cm³/mol. The second kappa shape index (κ2) is 9.91. The minimum absolute atomic E-state index is 0. The van der Waals surface area contributed by atoms with Crippen molar-refractivity contribution in [1.82, 2.24) is 20.4 Å². The van der Waals surface area contributed by atoms with Gasteiger partial charge in [0.2, 0.25) is 0 Å². The maximum Gasteiger partial charge on any atom is 0.192 e. The highest BCUT2D eigenvalue weighted by molar-refractivity contribution is 14.0. The average Bonchev–Trinajstić information content (AvgIpc) is 2.91. The molecule has 3 rings (SSSR count).